The Morgan fingerprint density at radius 3 is 2.78 bits per heavy atom. The molecular weight excluding hydrogens is 345 g/mol. The maximum absolute atomic E-state index is 13.6. The molecule has 2 aromatic rings. The van der Waals surface area contributed by atoms with E-state index in [0.29, 0.717) is 31.6 Å². The van der Waals surface area contributed by atoms with Crippen LogP contribution < -0.4 is 0 Å². The maximum Gasteiger partial charge on any atom is 0.254 e. The molecular formula is C21H22FN3O2. The Kier molecular flexibility index (Phi) is 4.88. The molecule has 0 saturated carbocycles. The van der Waals surface area contributed by atoms with E-state index >= 15 is 0 Å². The van der Waals surface area contributed by atoms with E-state index < -0.39 is 0 Å². The monoisotopic (exact) mass is 367 g/mol. The van der Waals surface area contributed by atoms with Crippen molar-refractivity contribution in [3.8, 4) is 0 Å². The molecule has 0 spiro atoms. The molecule has 3 heterocycles. The molecule has 0 N–H and O–H groups in total. The van der Waals surface area contributed by atoms with Gasteiger partial charge in [-0.05, 0) is 48.6 Å². The second kappa shape index (κ2) is 7.47. The third kappa shape index (κ3) is 3.70. The quantitative estimate of drug-likeness (QED) is 0.838. The molecule has 140 valence electrons. The van der Waals surface area contributed by atoms with Gasteiger partial charge in [0, 0.05) is 44.0 Å². The molecule has 1 aromatic carbocycles. The molecule has 1 aromatic heterocycles. The number of benzene rings is 1. The molecule has 4 rings (SSSR count). The molecule has 2 aliphatic rings. The van der Waals surface area contributed by atoms with Crippen molar-refractivity contribution >= 4 is 11.8 Å². The number of likely N-dealkylation sites (tertiary alicyclic amines) is 2. The fraction of sp³-hybridized carbons (Fsp3) is 0.381. The Balaban J connectivity index is 1.55. The van der Waals surface area contributed by atoms with E-state index in [4.69, 9.17) is 0 Å². The van der Waals surface area contributed by atoms with Crippen LogP contribution in [0.2, 0.25) is 0 Å². The summed E-state index contributed by atoms with van der Waals surface area (Å²) in [6, 6.07) is 9.79. The molecule has 2 fully saturated rings. The lowest BCUT2D eigenvalue weighted by Gasteiger charge is -2.30. The highest BCUT2D eigenvalue weighted by Gasteiger charge is 2.41. The van der Waals surface area contributed by atoms with Gasteiger partial charge in [-0.1, -0.05) is 12.1 Å². The summed E-state index contributed by atoms with van der Waals surface area (Å²) in [7, 11) is 0. The number of hydrogen-bond acceptors (Lipinski definition) is 3. The lowest BCUT2D eigenvalue weighted by Crippen LogP contribution is -2.43. The minimum absolute atomic E-state index is 0.0194. The number of hydrogen-bond donors (Lipinski definition) is 0. The molecule has 6 heteroatoms. The summed E-state index contributed by atoms with van der Waals surface area (Å²) in [5, 5.41) is 0. The third-order valence-corrected chi connectivity index (χ3v) is 5.55. The first-order chi connectivity index (χ1) is 13.1. The van der Waals surface area contributed by atoms with E-state index in [1.165, 1.54) is 12.1 Å². The number of aromatic nitrogens is 1. The predicted molar refractivity (Wildman–Crippen MR) is 98.2 cm³/mol. The van der Waals surface area contributed by atoms with Gasteiger partial charge in [0.2, 0.25) is 5.91 Å². The summed E-state index contributed by atoms with van der Waals surface area (Å²) in [5.41, 5.74) is 1.40. The predicted octanol–water partition coefficient (Wildman–Crippen LogP) is 2.87. The van der Waals surface area contributed by atoms with Crippen LogP contribution in [-0.4, -0.2) is 45.7 Å². The van der Waals surface area contributed by atoms with Gasteiger partial charge >= 0.3 is 0 Å². The fourth-order valence-electron chi connectivity index (χ4n) is 4.22. The first-order valence-electron chi connectivity index (χ1n) is 9.35. The zero-order valence-electron chi connectivity index (χ0n) is 15.1. The SMILES string of the molecule is O=C(c1ccncc1)N1C[C@H]2CCCC(=O)N(Cc3cccc(F)c3)[C@H]2C1. The number of nitrogens with zero attached hydrogens (tertiary/aromatic N) is 3. The van der Waals surface area contributed by atoms with Crippen LogP contribution >= 0.6 is 0 Å². The van der Waals surface area contributed by atoms with Crippen molar-refractivity contribution in [2.45, 2.75) is 31.8 Å². The van der Waals surface area contributed by atoms with Crippen molar-refractivity contribution < 1.29 is 14.0 Å². The van der Waals surface area contributed by atoms with Gasteiger partial charge in [-0.25, -0.2) is 4.39 Å². The normalized spacial score (nSPS) is 22.5. The van der Waals surface area contributed by atoms with Crippen LogP contribution in [0.3, 0.4) is 0 Å². The van der Waals surface area contributed by atoms with Gasteiger partial charge in [0.1, 0.15) is 5.82 Å². The lowest BCUT2D eigenvalue weighted by molar-refractivity contribution is -0.133. The summed E-state index contributed by atoms with van der Waals surface area (Å²) >= 11 is 0. The Morgan fingerprint density at radius 2 is 2.00 bits per heavy atom. The summed E-state index contributed by atoms with van der Waals surface area (Å²) in [6.07, 6.45) is 5.50. The Bertz CT molecular complexity index is 842. The van der Waals surface area contributed by atoms with E-state index in [1.54, 1.807) is 30.6 Å². The zero-order chi connectivity index (χ0) is 18.8. The van der Waals surface area contributed by atoms with Crippen LogP contribution in [0.15, 0.2) is 48.8 Å². The first kappa shape index (κ1) is 17.6. The van der Waals surface area contributed by atoms with Crippen LogP contribution in [-0.2, 0) is 11.3 Å². The van der Waals surface area contributed by atoms with Gasteiger partial charge in [0.25, 0.3) is 5.91 Å². The van der Waals surface area contributed by atoms with Gasteiger partial charge in [-0.15, -0.1) is 0 Å². The summed E-state index contributed by atoms with van der Waals surface area (Å²) < 4.78 is 13.6. The standard InChI is InChI=1S/C21H22FN3O2/c22-18-5-1-3-15(11-18)12-25-19-14-24(13-17(19)4-2-6-20(25)26)21(27)16-7-9-23-10-8-16/h1,3,5,7-11,17,19H,2,4,6,12-14H2/t17-,19+/m1/s1. The number of carbonyl (C=O) groups is 2. The molecule has 5 nitrogen and oxygen atoms in total. The van der Waals surface area contributed by atoms with Crippen LogP contribution in [0.1, 0.15) is 35.2 Å². The summed E-state index contributed by atoms with van der Waals surface area (Å²) in [4.78, 5) is 33.2. The van der Waals surface area contributed by atoms with Gasteiger partial charge in [0.15, 0.2) is 0 Å². The summed E-state index contributed by atoms with van der Waals surface area (Å²) in [6.45, 7) is 1.56. The lowest BCUT2D eigenvalue weighted by atomic mass is 9.98. The minimum Gasteiger partial charge on any atom is -0.336 e. The number of halogens is 1. The van der Waals surface area contributed by atoms with Crippen molar-refractivity contribution in [3.05, 3.63) is 65.7 Å². The second-order valence-corrected chi connectivity index (χ2v) is 7.32. The fourth-order valence-corrected chi connectivity index (χ4v) is 4.22. The van der Waals surface area contributed by atoms with Crippen LogP contribution in [0.25, 0.3) is 0 Å². The van der Waals surface area contributed by atoms with Gasteiger partial charge < -0.3 is 9.80 Å². The van der Waals surface area contributed by atoms with E-state index in [1.807, 2.05) is 15.9 Å². The third-order valence-electron chi connectivity index (χ3n) is 5.55. The number of fused-ring (bicyclic) bond motifs is 1. The number of amides is 2. The second-order valence-electron chi connectivity index (χ2n) is 7.32. The van der Waals surface area contributed by atoms with Gasteiger partial charge in [-0.3, -0.25) is 14.6 Å². The van der Waals surface area contributed by atoms with E-state index in [0.717, 1.165) is 18.4 Å². The molecule has 2 atom stereocenters. The zero-order valence-corrected chi connectivity index (χ0v) is 15.1. The Hall–Kier alpha value is -2.76. The van der Waals surface area contributed by atoms with E-state index in [-0.39, 0.29) is 29.6 Å². The smallest absolute Gasteiger partial charge is 0.254 e. The summed E-state index contributed by atoms with van der Waals surface area (Å²) in [5.74, 6) is 0.0247. The van der Waals surface area contributed by atoms with E-state index in [9.17, 15) is 14.0 Å². The largest absolute Gasteiger partial charge is 0.336 e. The van der Waals surface area contributed by atoms with Crippen molar-refractivity contribution in [1.82, 2.24) is 14.8 Å². The average Bonchev–Trinajstić information content (AvgIpc) is 3.04. The molecule has 0 radical (unpaired) electrons. The highest BCUT2D eigenvalue weighted by Crippen LogP contribution is 2.32. The number of carbonyl (C=O) groups excluding carboxylic acids is 2. The van der Waals surface area contributed by atoms with Crippen molar-refractivity contribution in [2.24, 2.45) is 5.92 Å². The van der Waals surface area contributed by atoms with E-state index in [2.05, 4.69) is 4.98 Å². The first-order valence-corrected chi connectivity index (χ1v) is 9.35. The van der Waals surface area contributed by atoms with Crippen LogP contribution in [0, 0.1) is 11.7 Å². The van der Waals surface area contributed by atoms with Gasteiger partial charge in [-0.2, -0.15) is 0 Å². The minimum atomic E-state index is -0.299. The molecule has 27 heavy (non-hydrogen) atoms. The Labute approximate surface area is 157 Å². The topological polar surface area (TPSA) is 53.5 Å². The molecule has 2 aliphatic heterocycles. The molecule has 0 unspecified atom stereocenters. The average molecular weight is 367 g/mol. The maximum atomic E-state index is 13.6. The highest BCUT2D eigenvalue weighted by molar-refractivity contribution is 5.94. The molecule has 0 bridgehead atoms. The highest BCUT2D eigenvalue weighted by atomic mass is 19.1. The molecule has 2 amide bonds. The molecule has 0 aliphatic carbocycles. The van der Waals surface area contributed by atoms with Crippen LogP contribution in [0.4, 0.5) is 4.39 Å². The number of rotatable bonds is 3. The number of pyridine rings is 1. The Morgan fingerprint density at radius 1 is 1.19 bits per heavy atom. The van der Waals surface area contributed by atoms with Gasteiger partial charge in [0.05, 0.1) is 6.04 Å². The van der Waals surface area contributed by atoms with Crippen LogP contribution in [0.5, 0.6) is 0 Å². The van der Waals surface area contributed by atoms with Crippen molar-refractivity contribution in [2.75, 3.05) is 13.1 Å². The van der Waals surface area contributed by atoms with Crippen molar-refractivity contribution in [1.29, 1.82) is 0 Å². The van der Waals surface area contributed by atoms with Crippen molar-refractivity contribution in [3.63, 3.8) is 0 Å². The molecule has 2 saturated heterocycles.